The second-order valence-electron chi connectivity index (χ2n) is 6.02. The molecule has 0 saturated heterocycles. The average Bonchev–Trinajstić information content (AvgIpc) is 2.30. The zero-order valence-electron chi connectivity index (χ0n) is 12.5. The van der Waals surface area contributed by atoms with Gasteiger partial charge in [0.1, 0.15) is 5.82 Å². The second-order valence-corrected chi connectivity index (χ2v) is 6.43. The van der Waals surface area contributed by atoms with Gasteiger partial charge in [-0.3, -0.25) is 4.90 Å². The van der Waals surface area contributed by atoms with E-state index in [-0.39, 0.29) is 17.2 Å². The first kappa shape index (κ1) is 17.4. The van der Waals surface area contributed by atoms with Gasteiger partial charge in [0.15, 0.2) is 0 Å². The molecule has 0 aliphatic rings. The molecule has 0 bridgehead atoms. The van der Waals surface area contributed by atoms with Gasteiger partial charge in [-0.2, -0.15) is 0 Å². The van der Waals surface area contributed by atoms with E-state index in [1.54, 1.807) is 12.1 Å². The molecule has 0 saturated carbocycles. The third-order valence-corrected chi connectivity index (χ3v) is 2.97. The minimum atomic E-state index is -0.573. The van der Waals surface area contributed by atoms with Crippen LogP contribution >= 0.6 is 11.6 Å². The summed E-state index contributed by atoms with van der Waals surface area (Å²) >= 11 is 5.64. The molecule has 0 aliphatic heterocycles. The Balaban J connectivity index is 2.42. The number of benzene rings is 1. The third kappa shape index (κ3) is 6.66. The number of rotatable bonds is 6. The van der Waals surface area contributed by atoms with Crippen LogP contribution in [0.4, 0.5) is 4.39 Å². The molecule has 1 aromatic carbocycles. The zero-order chi connectivity index (χ0) is 15.3. The summed E-state index contributed by atoms with van der Waals surface area (Å²) in [5, 5.41) is 10.0. The standard InChI is InChI=1S/C15H23ClFNO2/c1-15(2,3)20-10-12(19)9-18(4)8-11-5-6-13(16)14(17)7-11/h5-7,12,19H,8-10H2,1-4H3. The molecule has 1 N–H and O–H groups in total. The Hall–Kier alpha value is -0.680. The van der Waals surface area contributed by atoms with Gasteiger partial charge in [-0.15, -0.1) is 0 Å². The van der Waals surface area contributed by atoms with Gasteiger partial charge in [0.25, 0.3) is 0 Å². The van der Waals surface area contributed by atoms with E-state index < -0.39 is 11.9 Å². The molecule has 1 aromatic rings. The number of nitrogens with zero attached hydrogens (tertiary/aromatic N) is 1. The van der Waals surface area contributed by atoms with Crippen molar-refractivity contribution in [2.45, 2.75) is 39.0 Å². The molecular formula is C15H23ClFNO2. The van der Waals surface area contributed by atoms with Crippen LogP contribution in [0.1, 0.15) is 26.3 Å². The molecule has 0 spiro atoms. The van der Waals surface area contributed by atoms with Crippen LogP contribution in [0.5, 0.6) is 0 Å². The van der Waals surface area contributed by atoms with Gasteiger partial charge < -0.3 is 9.84 Å². The Morgan fingerprint density at radius 3 is 2.60 bits per heavy atom. The van der Waals surface area contributed by atoms with Gasteiger partial charge in [0, 0.05) is 13.1 Å². The van der Waals surface area contributed by atoms with E-state index >= 15 is 0 Å². The van der Waals surface area contributed by atoms with Crippen molar-refractivity contribution in [3.05, 3.63) is 34.6 Å². The fourth-order valence-corrected chi connectivity index (χ4v) is 1.89. The van der Waals surface area contributed by atoms with Crippen LogP contribution in [0, 0.1) is 5.82 Å². The summed E-state index contributed by atoms with van der Waals surface area (Å²) < 4.78 is 18.8. The molecule has 0 aromatic heterocycles. The fourth-order valence-electron chi connectivity index (χ4n) is 1.77. The topological polar surface area (TPSA) is 32.7 Å². The van der Waals surface area contributed by atoms with Crippen LogP contribution < -0.4 is 0 Å². The number of likely N-dealkylation sites (N-methyl/N-ethyl adjacent to an activating group) is 1. The summed E-state index contributed by atoms with van der Waals surface area (Å²) in [6, 6.07) is 4.73. The van der Waals surface area contributed by atoms with Crippen molar-refractivity contribution in [1.82, 2.24) is 4.90 Å². The van der Waals surface area contributed by atoms with Gasteiger partial charge in [-0.25, -0.2) is 4.39 Å². The van der Waals surface area contributed by atoms with E-state index in [2.05, 4.69) is 0 Å². The highest BCUT2D eigenvalue weighted by Gasteiger charge is 2.15. The molecule has 20 heavy (non-hydrogen) atoms. The average molecular weight is 304 g/mol. The molecule has 1 rings (SSSR count). The first-order valence-corrected chi connectivity index (χ1v) is 6.99. The lowest BCUT2D eigenvalue weighted by Crippen LogP contribution is -2.34. The summed E-state index contributed by atoms with van der Waals surface area (Å²) in [6.45, 7) is 7.11. The summed E-state index contributed by atoms with van der Waals surface area (Å²) in [4.78, 5) is 1.92. The van der Waals surface area contributed by atoms with E-state index in [1.807, 2.05) is 32.7 Å². The summed E-state index contributed by atoms with van der Waals surface area (Å²) in [6.07, 6.45) is -0.573. The van der Waals surface area contributed by atoms with Gasteiger partial charge >= 0.3 is 0 Å². The fraction of sp³-hybridized carbons (Fsp3) is 0.600. The quantitative estimate of drug-likeness (QED) is 0.876. The van der Waals surface area contributed by atoms with Crippen LogP contribution in [-0.2, 0) is 11.3 Å². The van der Waals surface area contributed by atoms with E-state index in [0.717, 1.165) is 5.56 Å². The van der Waals surface area contributed by atoms with E-state index in [0.29, 0.717) is 13.1 Å². The predicted molar refractivity (Wildman–Crippen MR) is 79.5 cm³/mol. The summed E-state index contributed by atoms with van der Waals surface area (Å²) in [5.74, 6) is -0.422. The second kappa shape index (κ2) is 7.36. The lowest BCUT2D eigenvalue weighted by Gasteiger charge is -2.25. The Kier molecular flexibility index (Phi) is 6.40. The van der Waals surface area contributed by atoms with Crippen LogP contribution in [0.3, 0.4) is 0 Å². The Morgan fingerprint density at radius 2 is 2.05 bits per heavy atom. The number of aliphatic hydroxyl groups is 1. The largest absolute Gasteiger partial charge is 0.389 e. The van der Waals surface area contributed by atoms with Gasteiger partial charge in [-0.1, -0.05) is 17.7 Å². The molecule has 3 nitrogen and oxygen atoms in total. The minimum Gasteiger partial charge on any atom is -0.389 e. The minimum absolute atomic E-state index is 0.120. The van der Waals surface area contributed by atoms with Crippen LogP contribution in [0.2, 0.25) is 5.02 Å². The molecular weight excluding hydrogens is 281 g/mol. The van der Waals surface area contributed by atoms with E-state index in [4.69, 9.17) is 16.3 Å². The lowest BCUT2D eigenvalue weighted by atomic mass is 10.2. The molecule has 1 atom stereocenters. The number of ether oxygens (including phenoxy) is 1. The van der Waals surface area contributed by atoms with Crippen molar-refractivity contribution in [1.29, 1.82) is 0 Å². The van der Waals surface area contributed by atoms with Gasteiger partial charge in [0.05, 0.1) is 23.3 Å². The normalized spacial score (nSPS) is 13.8. The van der Waals surface area contributed by atoms with Crippen LogP contribution in [0.15, 0.2) is 18.2 Å². The zero-order valence-corrected chi connectivity index (χ0v) is 13.2. The van der Waals surface area contributed by atoms with Gasteiger partial charge in [-0.05, 0) is 45.5 Å². The highest BCUT2D eigenvalue weighted by molar-refractivity contribution is 6.30. The maximum Gasteiger partial charge on any atom is 0.142 e. The molecule has 5 heteroatoms. The predicted octanol–water partition coefficient (Wildman–Crippen LogP) is 3.09. The molecule has 0 radical (unpaired) electrons. The first-order valence-electron chi connectivity index (χ1n) is 6.62. The molecule has 0 aliphatic carbocycles. The number of hydrogen-bond acceptors (Lipinski definition) is 3. The number of aliphatic hydroxyl groups excluding tert-OH is 1. The molecule has 1 unspecified atom stereocenters. The Bertz CT molecular complexity index is 434. The molecule has 0 heterocycles. The van der Waals surface area contributed by atoms with Crippen LogP contribution in [-0.4, -0.2) is 41.9 Å². The summed E-state index contributed by atoms with van der Waals surface area (Å²) in [7, 11) is 1.87. The Labute approximate surface area is 125 Å². The number of halogens is 2. The Morgan fingerprint density at radius 1 is 1.40 bits per heavy atom. The van der Waals surface area contributed by atoms with Crippen molar-refractivity contribution in [3.63, 3.8) is 0 Å². The van der Waals surface area contributed by atoms with E-state index in [1.165, 1.54) is 6.07 Å². The molecule has 0 fully saturated rings. The van der Waals surface area contributed by atoms with Crippen molar-refractivity contribution < 1.29 is 14.2 Å². The van der Waals surface area contributed by atoms with Crippen molar-refractivity contribution in [3.8, 4) is 0 Å². The number of hydrogen-bond donors (Lipinski definition) is 1. The SMILES string of the molecule is CN(Cc1ccc(Cl)c(F)c1)CC(O)COC(C)(C)C. The molecule has 114 valence electrons. The van der Waals surface area contributed by atoms with Gasteiger partial charge in [0.2, 0.25) is 0 Å². The monoisotopic (exact) mass is 303 g/mol. The smallest absolute Gasteiger partial charge is 0.142 e. The highest BCUT2D eigenvalue weighted by atomic mass is 35.5. The van der Waals surface area contributed by atoms with Crippen molar-refractivity contribution in [2.75, 3.05) is 20.2 Å². The highest BCUT2D eigenvalue weighted by Crippen LogP contribution is 2.16. The van der Waals surface area contributed by atoms with E-state index in [9.17, 15) is 9.50 Å². The molecule has 0 amide bonds. The third-order valence-electron chi connectivity index (χ3n) is 2.67. The van der Waals surface area contributed by atoms with Crippen molar-refractivity contribution in [2.24, 2.45) is 0 Å². The van der Waals surface area contributed by atoms with Crippen LogP contribution in [0.25, 0.3) is 0 Å². The maximum absolute atomic E-state index is 13.3. The first-order chi connectivity index (χ1) is 9.17. The maximum atomic E-state index is 13.3. The van der Waals surface area contributed by atoms with Crippen molar-refractivity contribution >= 4 is 11.6 Å². The lowest BCUT2D eigenvalue weighted by molar-refractivity contribution is -0.0550. The summed E-state index contributed by atoms with van der Waals surface area (Å²) in [5.41, 5.74) is 0.553.